The number of pyridine rings is 1. The highest BCUT2D eigenvalue weighted by molar-refractivity contribution is 9.10. The Morgan fingerprint density at radius 2 is 2.14 bits per heavy atom. The molecule has 0 aliphatic carbocycles. The fraction of sp³-hybridized carbons (Fsp3) is 0. The third-order valence-electron chi connectivity index (χ3n) is 1.29. The topological polar surface area (TPSA) is 116 Å². The van der Waals surface area contributed by atoms with Gasteiger partial charge in [-0.25, -0.2) is 18.5 Å². The van der Waals surface area contributed by atoms with Crippen LogP contribution >= 0.6 is 15.9 Å². The predicted octanol–water partition coefficient (Wildman–Crippen LogP) is 0.400. The zero-order valence-electron chi connectivity index (χ0n) is 6.55. The molecule has 0 aromatic carbocycles. The molecule has 0 spiro atoms. The molecule has 76 valence electrons. The van der Waals surface area contributed by atoms with Gasteiger partial charge in [0.05, 0.1) is 9.40 Å². The largest absolute Gasteiger partial charge is 0.322 e. The second kappa shape index (κ2) is 3.59. The summed E-state index contributed by atoms with van der Waals surface area (Å²) in [6.45, 7) is 0. The molecule has 0 fully saturated rings. The lowest BCUT2D eigenvalue weighted by Gasteiger charge is -1.99. The van der Waals surface area contributed by atoms with Crippen LogP contribution in [0.3, 0.4) is 0 Å². The van der Waals surface area contributed by atoms with Crippen molar-refractivity contribution >= 4 is 31.6 Å². The smallest absolute Gasteiger partial charge is 0.258 e. The predicted molar refractivity (Wildman–Crippen MR) is 50.0 cm³/mol. The minimum atomic E-state index is -4.18. The molecule has 0 radical (unpaired) electrons. The van der Waals surface area contributed by atoms with Crippen LogP contribution < -0.4 is 5.14 Å². The molecule has 0 atom stereocenters. The van der Waals surface area contributed by atoms with Crippen molar-refractivity contribution in [2.75, 3.05) is 0 Å². The van der Waals surface area contributed by atoms with Gasteiger partial charge in [0.1, 0.15) is 0 Å². The van der Waals surface area contributed by atoms with Crippen molar-refractivity contribution < 1.29 is 13.3 Å². The number of sulfonamides is 1. The van der Waals surface area contributed by atoms with Crippen molar-refractivity contribution in [2.24, 2.45) is 5.14 Å². The summed E-state index contributed by atoms with van der Waals surface area (Å²) >= 11 is 2.84. The number of nitrogens with two attached hydrogens (primary N) is 1. The first kappa shape index (κ1) is 11.0. The van der Waals surface area contributed by atoms with E-state index in [9.17, 15) is 18.5 Å². The van der Waals surface area contributed by atoms with E-state index >= 15 is 0 Å². The molecule has 14 heavy (non-hydrogen) atoms. The summed E-state index contributed by atoms with van der Waals surface area (Å²) in [5.41, 5.74) is -0.657. The van der Waals surface area contributed by atoms with Crippen LogP contribution in [-0.4, -0.2) is 18.3 Å². The van der Waals surface area contributed by atoms with Gasteiger partial charge in [0, 0.05) is 6.20 Å². The number of rotatable bonds is 2. The highest BCUT2D eigenvalue weighted by Gasteiger charge is 2.27. The fourth-order valence-corrected chi connectivity index (χ4v) is 2.03. The lowest BCUT2D eigenvalue weighted by atomic mass is 10.4. The van der Waals surface area contributed by atoms with Crippen LogP contribution in [0.1, 0.15) is 0 Å². The lowest BCUT2D eigenvalue weighted by Crippen LogP contribution is -2.16. The molecule has 1 heterocycles. The van der Waals surface area contributed by atoms with Crippen LogP contribution in [0.25, 0.3) is 0 Å². The summed E-state index contributed by atoms with van der Waals surface area (Å²) in [6.07, 6.45) is 1.11. The van der Waals surface area contributed by atoms with Gasteiger partial charge in [-0.3, -0.25) is 10.1 Å². The van der Waals surface area contributed by atoms with Crippen LogP contribution in [-0.2, 0) is 10.0 Å². The standard InChI is InChI=1S/C5H4BrN3O4S/c6-3-1-2-8-5(14(7,12)13)4(3)9(10)11/h1-2H,(H2,7,12,13). The van der Waals surface area contributed by atoms with Gasteiger partial charge in [0.25, 0.3) is 10.0 Å². The Hall–Kier alpha value is -1.06. The quantitative estimate of drug-likeness (QED) is 0.622. The molecule has 2 N–H and O–H groups in total. The van der Waals surface area contributed by atoms with Crippen molar-refractivity contribution in [2.45, 2.75) is 5.03 Å². The SMILES string of the molecule is NS(=O)(=O)c1nccc(Br)c1[N+](=O)[O-]. The monoisotopic (exact) mass is 281 g/mol. The van der Waals surface area contributed by atoms with E-state index in [1.165, 1.54) is 6.07 Å². The Bertz CT molecular complexity index is 486. The molecular formula is C5H4BrN3O4S. The number of hydrogen-bond donors (Lipinski definition) is 1. The fourth-order valence-electron chi connectivity index (χ4n) is 0.786. The molecule has 0 unspecified atom stereocenters. The van der Waals surface area contributed by atoms with Crippen molar-refractivity contribution in [3.8, 4) is 0 Å². The van der Waals surface area contributed by atoms with Crippen LogP contribution in [0.4, 0.5) is 5.69 Å². The molecule has 0 bridgehead atoms. The van der Waals surface area contributed by atoms with Crippen LogP contribution in [0.15, 0.2) is 21.8 Å². The second-order valence-electron chi connectivity index (χ2n) is 2.25. The number of aromatic nitrogens is 1. The van der Waals surface area contributed by atoms with E-state index in [-0.39, 0.29) is 4.47 Å². The van der Waals surface area contributed by atoms with Gasteiger partial charge >= 0.3 is 5.69 Å². The first-order valence-corrected chi connectivity index (χ1v) is 5.49. The molecule has 1 aromatic rings. The van der Waals surface area contributed by atoms with Crippen molar-refractivity contribution in [1.29, 1.82) is 0 Å². The van der Waals surface area contributed by atoms with Crippen molar-refractivity contribution in [3.63, 3.8) is 0 Å². The van der Waals surface area contributed by atoms with E-state index in [1.54, 1.807) is 0 Å². The summed E-state index contributed by atoms with van der Waals surface area (Å²) in [5.74, 6) is 0. The van der Waals surface area contributed by atoms with E-state index in [0.717, 1.165) is 6.20 Å². The normalized spacial score (nSPS) is 11.3. The summed E-state index contributed by atoms with van der Waals surface area (Å²) in [7, 11) is -4.18. The van der Waals surface area contributed by atoms with Gasteiger partial charge in [-0.2, -0.15) is 0 Å². The zero-order chi connectivity index (χ0) is 10.9. The maximum absolute atomic E-state index is 10.9. The molecule has 1 aromatic heterocycles. The van der Waals surface area contributed by atoms with Gasteiger partial charge < -0.3 is 0 Å². The Balaban J connectivity index is 3.61. The Labute approximate surface area is 87.3 Å². The van der Waals surface area contributed by atoms with Crippen LogP contribution in [0.2, 0.25) is 0 Å². The Morgan fingerprint density at radius 3 is 2.50 bits per heavy atom. The highest BCUT2D eigenvalue weighted by Crippen LogP contribution is 2.28. The van der Waals surface area contributed by atoms with E-state index in [4.69, 9.17) is 5.14 Å². The van der Waals surface area contributed by atoms with Crippen molar-refractivity contribution in [1.82, 2.24) is 4.98 Å². The van der Waals surface area contributed by atoms with Gasteiger partial charge in [0.15, 0.2) is 0 Å². The third-order valence-corrected chi connectivity index (χ3v) is 2.77. The number of halogens is 1. The minimum Gasteiger partial charge on any atom is -0.258 e. The summed E-state index contributed by atoms with van der Waals surface area (Å²) < 4.78 is 21.8. The molecule has 0 saturated heterocycles. The molecule has 1 rings (SSSR count). The zero-order valence-corrected chi connectivity index (χ0v) is 8.95. The van der Waals surface area contributed by atoms with E-state index in [0.29, 0.717) is 0 Å². The van der Waals surface area contributed by atoms with Gasteiger partial charge in [-0.05, 0) is 22.0 Å². The first-order chi connectivity index (χ1) is 6.34. The van der Waals surface area contributed by atoms with E-state index in [1.807, 2.05) is 0 Å². The number of nitrogens with zero attached hydrogens (tertiary/aromatic N) is 2. The molecule has 0 saturated carbocycles. The molecule has 0 aliphatic heterocycles. The van der Waals surface area contributed by atoms with Gasteiger partial charge in [-0.1, -0.05) is 0 Å². The summed E-state index contributed by atoms with van der Waals surface area (Å²) in [6, 6.07) is 1.26. The summed E-state index contributed by atoms with van der Waals surface area (Å²) in [5, 5.41) is 14.5. The molecule has 0 aliphatic rings. The molecule has 9 heteroatoms. The average molecular weight is 282 g/mol. The van der Waals surface area contributed by atoms with Crippen LogP contribution in [0, 0.1) is 10.1 Å². The van der Waals surface area contributed by atoms with Gasteiger partial charge in [-0.15, -0.1) is 0 Å². The second-order valence-corrected chi connectivity index (χ2v) is 4.58. The highest BCUT2D eigenvalue weighted by atomic mass is 79.9. The number of primary sulfonamides is 1. The Kier molecular flexibility index (Phi) is 2.83. The number of nitro groups is 1. The summed E-state index contributed by atoms with van der Waals surface area (Å²) in [4.78, 5) is 13.0. The average Bonchev–Trinajstić information content (AvgIpc) is 2.01. The molecule has 0 amide bonds. The maximum Gasteiger partial charge on any atom is 0.322 e. The minimum absolute atomic E-state index is 0.0153. The first-order valence-electron chi connectivity index (χ1n) is 3.15. The lowest BCUT2D eigenvalue weighted by molar-refractivity contribution is -0.389. The van der Waals surface area contributed by atoms with Gasteiger partial charge in [0.2, 0.25) is 5.03 Å². The number of hydrogen-bond acceptors (Lipinski definition) is 5. The molecule has 7 nitrogen and oxygen atoms in total. The maximum atomic E-state index is 10.9. The van der Waals surface area contributed by atoms with E-state index < -0.39 is 25.7 Å². The Morgan fingerprint density at radius 1 is 1.57 bits per heavy atom. The van der Waals surface area contributed by atoms with Crippen LogP contribution in [0.5, 0.6) is 0 Å². The molecular weight excluding hydrogens is 278 g/mol. The van der Waals surface area contributed by atoms with E-state index in [2.05, 4.69) is 20.9 Å². The third kappa shape index (κ3) is 2.05. The van der Waals surface area contributed by atoms with Crippen molar-refractivity contribution in [3.05, 3.63) is 26.9 Å².